The van der Waals surface area contributed by atoms with E-state index in [4.69, 9.17) is 29.4 Å². The number of carbonyl (C=O) groups is 3. The van der Waals surface area contributed by atoms with Gasteiger partial charge in [0.15, 0.2) is 0 Å². The lowest BCUT2D eigenvalue weighted by molar-refractivity contribution is -0.127. The number of nitrogens with zero attached hydrogens (tertiary/aromatic N) is 1. The number of aromatic nitrogens is 1. The zero-order chi connectivity index (χ0) is 40.3. The van der Waals surface area contributed by atoms with Crippen LogP contribution in [0.1, 0.15) is 36.4 Å². The Kier molecular flexibility index (Phi) is 21.1. The summed E-state index contributed by atoms with van der Waals surface area (Å²) in [6.07, 6.45) is 2.56. The van der Waals surface area contributed by atoms with Crippen LogP contribution in [0.3, 0.4) is 0 Å². The monoisotopic (exact) mass is 786 g/mol. The van der Waals surface area contributed by atoms with Crippen molar-refractivity contribution >= 4 is 34.3 Å². The highest BCUT2D eigenvalue weighted by molar-refractivity contribution is 5.96. The topological polar surface area (TPSA) is 184 Å². The van der Waals surface area contributed by atoms with Crippen molar-refractivity contribution in [1.82, 2.24) is 20.9 Å². The average Bonchev–Trinajstić information content (AvgIpc) is 3.22. The highest BCUT2D eigenvalue weighted by Gasteiger charge is 2.19. The third-order valence-corrected chi connectivity index (χ3v) is 8.71. The maximum absolute atomic E-state index is 13.1. The quantitative estimate of drug-likeness (QED) is 0.0503. The minimum Gasteiger partial charge on any atom is -0.378 e. The molecule has 0 saturated carbocycles. The number of carbonyl (C=O) groups excluding carboxylic acids is 3. The summed E-state index contributed by atoms with van der Waals surface area (Å²) in [6.45, 7) is 7.60. The fourth-order valence-corrected chi connectivity index (χ4v) is 5.82. The van der Waals surface area contributed by atoms with E-state index in [1.807, 2.05) is 61.5 Å². The summed E-state index contributed by atoms with van der Waals surface area (Å²) in [4.78, 5) is 42.9. The van der Waals surface area contributed by atoms with Gasteiger partial charge in [0.2, 0.25) is 17.7 Å². The van der Waals surface area contributed by atoms with Gasteiger partial charge in [-0.05, 0) is 58.5 Å². The van der Waals surface area contributed by atoms with Gasteiger partial charge < -0.3 is 50.7 Å². The van der Waals surface area contributed by atoms with Crippen LogP contribution in [0.5, 0.6) is 0 Å². The van der Waals surface area contributed by atoms with Crippen molar-refractivity contribution in [1.29, 1.82) is 0 Å². The van der Waals surface area contributed by atoms with Gasteiger partial charge in [0, 0.05) is 32.3 Å². The van der Waals surface area contributed by atoms with E-state index in [2.05, 4.69) is 50.5 Å². The van der Waals surface area contributed by atoms with Gasteiger partial charge in [-0.1, -0.05) is 66.7 Å². The number of hydrogen-bond donors (Lipinski definition) is 5. The molecule has 0 saturated heterocycles. The molecule has 14 nitrogen and oxygen atoms in total. The van der Waals surface area contributed by atoms with E-state index in [-0.39, 0.29) is 31.2 Å². The molecular formula is C43H58N6O8. The van der Waals surface area contributed by atoms with Crippen LogP contribution in [0.4, 0.5) is 5.82 Å². The Hall–Kier alpha value is -4.96. The molecule has 1 aromatic heterocycles. The van der Waals surface area contributed by atoms with Crippen molar-refractivity contribution in [3.8, 4) is 11.1 Å². The first-order chi connectivity index (χ1) is 27.9. The zero-order valence-electron chi connectivity index (χ0n) is 33.0. The van der Waals surface area contributed by atoms with Gasteiger partial charge >= 0.3 is 0 Å². The Balaban J connectivity index is 1.18. The van der Waals surface area contributed by atoms with Crippen LogP contribution >= 0.6 is 0 Å². The lowest BCUT2D eigenvalue weighted by atomic mass is 9.95. The number of ether oxygens (including phenoxy) is 5. The zero-order valence-corrected chi connectivity index (χ0v) is 33.0. The summed E-state index contributed by atoms with van der Waals surface area (Å²) in [5.74, 6) is -0.126. The Bertz CT molecular complexity index is 1770. The van der Waals surface area contributed by atoms with Crippen LogP contribution in [0, 0.1) is 6.92 Å². The van der Waals surface area contributed by atoms with Crippen LogP contribution in [0.15, 0.2) is 85.1 Å². The standard InChI is InChI=1S/C43H58N6O8/c1-33-15-18-46-40(30-33)45-17-5-10-41(50)48-32-43(52)49-39(36-13-11-35(12-14-36)38-9-4-7-34-6-2-3-8-37(34)38)31-42(51)47-19-21-54-23-25-56-27-29-57-28-26-55-24-22-53-20-16-44/h2-4,6-9,11-15,18,30,39H,5,10,16-17,19-29,31-32,44H2,1H3,(H,45,46)(H,47,51)(H,48,50)(H,49,52)/t39-/m0/s1. The molecule has 57 heavy (non-hydrogen) atoms. The number of benzene rings is 3. The number of amides is 3. The fourth-order valence-electron chi connectivity index (χ4n) is 5.82. The van der Waals surface area contributed by atoms with Crippen molar-refractivity contribution in [3.05, 3.63) is 96.2 Å². The minimum absolute atomic E-state index is 0.00216. The highest BCUT2D eigenvalue weighted by Crippen LogP contribution is 2.30. The Morgan fingerprint density at radius 1 is 0.684 bits per heavy atom. The second-order valence-electron chi connectivity index (χ2n) is 13.2. The first-order valence-corrected chi connectivity index (χ1v) is 19.6. The Morgan fingerprint density at radius 3 is 2.02 bits per heavy atom. The summed E-state index contributed by atoms with van der Waals surface area (Å²) < 4.78 is 27.2. The normalized spacial score (nSPS) is 11.6. The molecule has 4 aromatic rings. The van der Waals surface area contributed by atoms with Gasteiger partial charge in [-0.3, -0.25) is 14.4 Å². The van der Waals surface area contributed by atoms with Gasteiger partial charge in [0.05, 0.1) is 85.1 Å². The lowest BCUT2D eigenvalue weighted by Crippen LogP contribution is -2.40. The number of rotatable bonds is 29. The SMILES string of the molecule is Cc1ccnc(NCCCC(=O)NCC(=O)N[C@@H](CC(=O)NCCOCCOCCOCCOCCOCCN)c2ccc(-c3cccc4ccccc34)cc2)c1. The predicted octanol–water partition coefficient (Wildman–Crippen LogP) is 3.92. The lowest BCUT2D eigenvalue weighted by Gasteiger charge is -2.20. The van der Waals surface area contributed by atoms with Gasteiger partial charge in [0.1, 0.15) is 5.82 Å². The summed E-state index contributed by atoms with van der Waals surface area (Å²) in [5.41, 5.74) is 9.33. The van der Waals surface area contributed by atoms with Crippen molar-refractivity contribution in [2.75, 3.05) is 97.6 Å². The van der Waals surface area contributed by atoms with Crippen LogP contribution < -0.4 is 27.0 Å². The average molecular weight is 787 g/mol. The Labute approximate surface area is 335 Å². The molecule has 3 amide bonds. The fraction of sp³-hybridized carbons (Fsp3) is 0.442. The molecule has 0 radical (unpaired) electrons. The third-order valence-electron chi connectivity index (χ3n) is 8.71. The molecular weight excluding hydrogens is 729 g/mol. The van der Waals surface area contributed by atoms with Gasteiger partial charge in [-0.15, -0.1) is 0 Å². The van der Waals surface area contributed by atoms with Crippen molar-refractivity contribution in [2.45, 2.75) is 32.2 Å². The molecule has 0 fully saturated rings. The predicted molar refractivity (Wildman–Crippen MR) is 221 cm³/mol. The molecule has 3 aromatic carbocycles. The summed E-state index contributed by atoms with van der Waals surface area (Å²) in [6, 6.07) is 25.5. The largest absolute Gasteiger partial charge is 0.378 e. The maximum Gasteiger partial charge on any atom is 0.239 e. The number of nitrogens with two attached hydrogens (primary N) is 1. The van der Waals surface area contributed by atoms with Gasteiger partial charge in [-0.25, -0.2) is 4.98 Å². The minimum atomic E-state index is -0.625. The molecule has 0 spiro atoms. The maximum atomic E-state index is 13.1. The van der Waals surface area contributed by atoms with E-state index in [0.717, 1.165) is 38.8 Å². The highest BCUT2D eigenvalue weighted by atomic mass is 16.6. The molecule has 1 atom stereocenters. The summed E-state index contributed by atoms with van der Waals surface area (Å²) in [7, 11) is 0. The number of nitrogens with one attached hydrogen (secondary N) is 4. The first kappa shape index (κ1) is 44.8. The van der Waals surface area contributed by atoms with E-state index in [1.165, 1.54) is 0 Å². The van der Waals surface area contributed by atoms with E-state index in [0.29, 0.717) is 92.1 Å². The summed E-state index contributed by atoms with van der Waals surface area (Å²) >= 11 is 0. The molecule has 308 valence electrons. The van der Waals surface area contributed by atoms with Crippen LogP contribution in [-0.4, -0.2) is 115 Å². The molecule has 0 aliphatic carbocycles. The first-order valence-electron chi connectivity index (χ1n) is 19.6. The van der Waals surface area contributed by atoms with Crippen molar-refractivity contribution in [3.63, 3.8) is 0 Å². The number of pyridine rings is 1. The Morgan fingerprint density at radius 2 is 1.33 bits per heavy atom. The van der Waals surface area contributed by atoms with E-state index in [1.54, 1.807) is 6.20 Å². The number of aryl methyl sites for hydroxylation is 1. The molecule has 0 aliphatic heterocycles. The van der Waals surface area contributed by atoms with Crippen molar-refractivity contribution in [2.24, 2.45) is 5.73 Å². The van der Waals surface area contributed by atoms with Gasteiger partial charge in [0.25, 0.3) is 0 Å². The smallest absolute Gasteiger partial charge is 0.239 e. The van der Waals surface area contributed by atoms with E-state index in [9.17, 15) is 14.4 Å². The second-order valence-corrected chi connectivity index (χ2v) is 13.2. The second kappa shape index (κ2) is 26.8. The molecule has 0 aliphatic rings. The molecule has 14 heteroatoms. The van der Waals surface area contributed by atoms with E-state index < -0.39 is 11.9 Å². The number of hydrogen-bond acceptors (Lipinski definition) is 11. The number of anilines is 1. The van der Waals surface area contributed by atoms with Crippen LogP contribution in [0.2, 0.25) is 0 Å². The summed E-state index contributed by atoms with van der Waals surface area (Å²) in [5, 5.41) is 14.0. The van der Waals surface area contributed by atoms with Crippen LogP contribution in [0.25, 0.3) is 21.9 Å². The molecule has 6 N–H and O–H groups in total. The molecule has 1 heterocycles. The molecule has 0 unspecified atom stereocenters. The third kappa shape index (κ3) is 17.8. The van der Waals surface area contributed by atoms with Gasteiger partial charge in [-0.2, -0.15) is 0 Å². The number of fused-ring (bicyclic) bond motifs is 1. The van der Waals surface area contributed by atoms with Crippen molar-refractivity contribution < 1.29 is 38.1 Å². The molecule has 4 rings (SSSR count). The molecule has 0 bridgehead atoms. The van der Waals surface area contributed by atoms with Crippen LogP contribution in [-0.2, 0) is 38.1 Å². The van der Waals surface area contributed by atoms with E-state index >= 15 is 0 Å².